The van der Waals surface area contributed by atoms with E-state index in [1.807, 2.05) is 12.3 Å². The Balaban J connectivity index is 2.35. The van der Waals surface area contributed by atoms with Gasteiger partial charge < -0.3 is 5.11 Å². The van der Waals surface area contributed by atoms with Crippen LogP contribution in [0.15, 0.2) is 29.6 Å². The smallest absolute Gasteiger partial charge is 0.336 e. The normalized spacial score (nSPS) is 10.9. The molecule has 0 bridgehead atoms. The lowest BCUT2D eigenvalue weighted by atomic mass is 10.1. The van der Waals surface area contributed by atoms with E-state index >= 15 is 0 Å². The van der Waals surface area contributed by atoms with E-state index in [-0.39, 0.29) is 5.56 Å². The molecule has 0 saturated carbocycles. The van der Waals surface area contributed by atoms with Crippen LogP contribution in [0.3, 0.4) is 0 Å². The van der Waals surface area contributed by atoms with Gasteiger partial charge in [0, 0.05) is 10.8 Å². The van der Waals surface area contributed by atoms with Crippen LogP contribution in [0.4, 0.5) is 0 Å². The number of halogens is 1. The molecule has 100 valence electrons. The molecule has 3 rings (SSSR count). The van der Waals surface area contributed by atoms with E-state index in [1.54, 1.807) is 18.2 Å². The second-order valence-electron chi connectivity index (χ2n) is 4.25. The first-order valence-corrected chi connectivity index (χ1v) is 7.07. The Morgan fingerprint density at radius 1 is 1.30 bits per heavy atom. The van der Waals surface area contributed by atoms with Crippen LogP contribution in [0.5, 0.6) is 0 Å². The van der Waals surface area contributed by atoms with E-state index in [0.717, 1.165) is 5.01 Å². The molecule has 0 spiro atoms. The molecule has 0 saturated heterocycles. The number of thiazole rings is 1. The van der Waals surface area contributed by atoms with Gasteiger partial charge in [-0.05, 0) is 19.1 Å². The summed E-state index contributed by atoms with van der Waals surface area (Å²) in [5, 5.41) is 13.1. The zero-order valence-corrected chi connectivity index (χ0v) is 12.0. The summed E-state index contributed by atoms with van der Waals surface area (Å²) in [6.45, 7) is 1.89. The van der Waals surface area contributed by atoms with Crippen LogP contribution >= 0.6 is 22.9 Å². The first kappa shape index (κ1) is 13.0. The Labute approximate surface area is 123 Å². The number of carboxylic acids is 1. The number of rotatable bonds is 2. The van der Waals surface area contributed by atoms with E-state index in [9.17, 15) is 9.90 Å². The standard InChI is InChI=1S/C14H9ClN2O2S/c1-7-16-12(6-20-7)11-5-9(14(18)19)8-3-2-4-10(15)13(8)17-11/h2-6H,1H3,(H,18,19). The average Bonchev–Trinajstić information content (AvgIpc) is 2.85. The van der Waals surface area contributed by atoms with E-state index in [4.69, 9.17) is 11.6 Å². The number of aromatic nitrogens is 2. The molecule has 0 aliphatic rings. The number of hydrogen-bond acceptors (Lipinski definition) is 4. The number of nitrogens with zero attached hydrogens (tertiary/aromatic N) is 2. The van der Waals surface area contributed by atoms with Gasteiger partial charge in [-0.3, -0.25) is 0 Å². The lowest BCUT2D eigenvalue weighted by Gasteiger charge is -2.06. The quantitative estimate of drug-likeness (QED) is 0.776. The van der Waals surface area contributed by atoms with Crippen molar-refractivity contribution in [1.82, 2.24) is 9.97 Å². The van der Waals surface area contributed by atoms with Gasteiger partial charge in [0.25, 0.3) is 0 Å². The van der Waals surface area contributed by atoms with Crippen LogP contribution in [-0.2, 0) is 0 Å². The number of carbonyl (C=O) groups is 1. The van der Waals surface area contributed by atoms with Gasteiger partial charge in [-0.1, -0.05) is 23.7 Å². The minimum Gasteiger partial charge on any atom is -0.478 e. The number of benzene rings is 1. The molecule has 4 nitrogen and oxygen atoms in total. The summed E-state index contributed by atoms with van der Waals surface area (Å²) in [4.78, 5) is 20.2. The Morgan fingerprint density at radius 2 is 2.10 bits per heavy atom. The third-order valence-electron chi connectivity index (χ3n) is 2.90. The van der Waals surface area contributed by atoms with Gasteiger partial charge in [-0.15, -0.1) is 11.3 Å². The first-order valence-electron chi connectivity index (χ1n) is 5.81. The van der Waals surface area contributed by atoms with Crippen molar-refractivity contribution in [3.05, 3.63) is 45.2 Å². The van der Waals surface area contributed by atoms with Gasteiger partial charge in [0.2, 0.25) is 0 Å². The second kappa shape index (κ2) is 4.85. The highest BCUT2D eigenvalue weighted by Crippen LogP contribution is 2.29. The van der Waals surface area contributed by atoms with E-state index < -0.39 is 5.97 Å². The number of carboxylic acid groups (broad SMARTS) is 1. The molecule has 3 aromatic rings. The Kier molecular flexibility index (Phi) is 3.16. The maximum atomic E-state index is 11.4. The van der Waals surface area contributed by atoms with Crippen molar-refractivity contribution in [2.45, 2.75) is 6.92 Å². The minimum atomic E-state index is -1.01. The van der Waals surface area contributed by atoms with E-state index in [0.29, 0.717) is 27.3 Å². The topological polar surface area (TPSA) is 63.1 Å². The van der Waals surface area contributed by atoms with Gasteiger partial charge in [-0.25, -0.2) is 14.8 Å². The third-order valence-corrected chi connectivity index (χ3v) is 3.98. The van der Waals surface area contributed by atoms with Gasteiger partial charge in [0.05, 0.1) is 32.5 Å². The zero-order chi connectivity index (χ0) is 14.3. The fraction of sp³-hybridized carbons (Fsp3) is 0.0714. The van der Waals surface area contributed by atoms with Gasteiger partial charge in [-0.2, -0.15) is 0 Å². The Hall–Kier alpha value is -1.98. The lowest BCUT2D eigenvalue weighted by Crippen LogP contribution is -2.00. The molecule has 0 fully saturated rings. The molecule has 0 radical (unpaired) electrons. The van der Waals surface area contributed by atoms with E-state index in [2.05, 4.69) is 9.97 Å². The molecular formula is C14H9ClN2O2S. The molecule has 1 N–H and O–H groups in total. The molecule has 6 heteroatoms. The predicted octanol–water partition coefficient (Wildman–Crippen LogP) is 4.02. The number of para-hydroxylation sites is 1. The van der Waals surface area contributed by atoms with Crippen LogP contribution in [0.1, 0.15) is 15.4 Å². The molecule has 0 unspecified atom stereocenters. The summed E-state index contributed by atoms with van der Waals surface area (Å²) in [5.41, 5.74) is 1.84. The van der Waals surface area contributed by atoms with Crippen molar-refractivity contribution < 1.29 is 9.90 Å². The molecule has 0 aliphatic carbocycles. The Morgan fingerprint density at radius 3 is 2.75 bits per heavy atom. The summed E-state index contributed by atoms with van der Waals surface area (Å²) >= 11 is 7.62. The monoisotopic (exact) mass is 304 g/mol. The maximum absolute atomic E-state index is 11.4. The maximum Gasteiger partial charge on any atom is 0.336 e. The number of aryl methyl sites for hydroxylation is 1. The van der Waals surface area contributed by atoms with E-state index in [1.165, 1.54) is 17.4 Å². The summed E-state index contributed by atoms with van der Waals surface area (Å²) in [7, 11) is 0. The molecule has 2 heterocycles. The van der Waals surface area contributed by atoms with Crippen molar-refractivity contribution >= 4 is 39.8 Å². The lowest BCUT2D eigenvalue weighted by molar-refractivity contribution is 0.0699. The molecule has 2 aromatic heterocycles. The molecule has 1 aromatic carbocycles. The zero-order valence-electron chi connectivity index (χ0n) is 10.4. The predicted molar refractivity (Wildman–Crippen MR) is 79.6 cm³/mol. The highest BCUT2D eigenvalue weighted by Gasteiger charge is 2.15. The first-order chi connectivity index (χ1) is 9.56. The number of aromatic carboxylic acids is 1. The highest BCUT2D eigenvalue weighted by molar-refractivity contribution is 7.09. The molecular weight excluding hydrogens is 296 g/mol. The molecule has 0 aliphatic heterocycles. The minimum absolute atomic E-state index is 0.179. The highest BCUT2D eigenvalue weighted by atomic mass is 35.5. The van der Waals surface area contributed by atoms with Gasteiger partial charge in [0.15, 0.2) is 0 Å². The van der Waals surface area contributed by atoms with Crippen LogP contribution in [0.25, 0.3) is 22.3 Å². The van der Waals surface area contributed by atoms with Gasteiger partial charge in [0.1, 0.15) is 0 Å². The van der Waals surface area contributed by atoms with Crippen molar-refractivity contribution in [2.24, 2.45) is 0 Å². The number of hydrogen-bond donors (Lipinski definition) is 1. The molecule has 0 amide bonds. The number of pyridine rings is 1. The molecule has 0 atom stereocenters. The Bertz CT molecular complexity index is 829. The largest absolute Gasteiger partial charge is 0.478 e. The number of fused-ring (bicyclic) bond motifs is 1. The molecule has 20 heavy (non-hydrogen) atoms. The second-order valence-corrected chi connectivity index (χ2v) is 5.72. The third kappa shape index (κ3) is 2.15. The fourth-order valence-corrected chi connectivity index (χ4v) is 2.83. The summed E-state index contributed by atoms with van der Waals surface area (Å²) in [6, 6.07) is 6.65. The summed E-state index contributed by atoms with van der Waals surface area (Å²) in [5.74, 6) is -1.01. The average molecular weight is 305 g/mol. The van der Waals surface area contributed by atoms with Crippen LogP contribution in [-0.4, -0.2) is 21.0 Å². The van der Waals surface area contributed by atoms with Crippen molar-refractivity contribution in [1.29, 1.82) is 0 Å². The van der Waals surface area contributed by atoms with Crippen LogP contribution in [0.2, 0.25) is 5.02 Å². The summed E-state index contributed by atoms with van der Waals surface area (Å²) < 4.78 is 0. The SMILES string of the molecule is Cc1nc(-c2cc(C(=O)O)c3cccc(Cl)c3n2)cs1. The van der Waals surface area contributed by atoms with Crippen molar-refractivity contribution in [3.8, 4) is 11.4 Å². The van der Waals surface area contributed by atoms with Crippen molar-refractivity contribution in [2.75, 3.05) is 0 Å². The fourth-order valence-electron chi connectivity index (χ4n) is 2.00. The van der Waals surface area contributed by atoms with Crippen LogP contribution in [0, 0.1) is 6.92 Å². The summed E-state index contributed by atoms with van der Waals surface area (Å²) in [6.07, 6.45) is 0. The van der Waals surface area contributed by atoms with Gasteiger partial charge >= 0.3 is 5.97 Å². The van der Waals surface area contributed by atoms with Crippen molar-refractivity contribution in [3.63, 3.8) is 0 Å². The van der Waals surface area contributed by atoms with Crippen LogP contribution < -0.4 is 0 Å².